The van der Waals surface area contributed by atoms with Crippen molar-refractivity contribution < 1.29 is 0 Å². The van der Waals surface area contributed by atoms with E-state index in [4.69, 9.17) is 0 Å². The molecule has 2 saturated heterocycles. The van der Waals surface area contributed by atoms with Crippen LogP contribution in [0.3, 0.4) is 0 Å². The van der Waals surface area contributed by atoms with Gasteiger partial charge in [-0.3, -0.25) is 0 Å². The Kier molecular flexibility index (Phi) is 1.04. The Labute approximate surface area is 50.5 Å². The Morgan fingerprint density at radius 3 is 2.88 bits per heavy atom. The lowest BCUT2D eigenvalue weighted by Crippen LogP contribution is -2.24. The first kappa shape index (κ1) is 4.80. The van der Waals surface area contributed by atoms with Gasteiger partial charge < -0.3 is 0 Å². The van der Waals surface area contributed by atoms with E-state index in [1.165, 1.54) is 25.8 Å². The SMILES string of the molecule is C1CC2CC(C[N]1)C2. The molecule has 2 heterocycles. The van der Waals surface area contributed by atoms with Crippen LogP contribution in [0.2, 0.25) is 0 Å². The molecule has 0 N–H and O–H groups in total. The van der Waals surface area contributed by atoms with E-state index in [9.17, 15) is 0 Å². The molecule has 1 nitrogen and oxygen atoms in total. The lowest BCUT2D eigenvalue weighted by atomic mass is 9.75. The molecule has 45 valence electrons. The molecule has 0 unspecified atom stereocenters. The van der Waals surface area contributed by atoms with Crippen LogP contribution < -0.4 is 5.32 Å². The van der Waals surface area contributed by atoms with Gasteiger partial charge in [-0.15, -0.1) is 0 Å². The van der Waals surface area contributed by atoms with Gasteiger partial charge in [0.25, 0.3) is 0 Å². The number of nitrogens with zero attached hydrogens (tertiary/aromatic N) is 1. The average Bonchev–Trinajstić information content (AvgIpc) is 1.89. The quantitative estimate of drug-likeness (QED) is 0.442. The fourth-order valence-corrected chi connectivity index (χ4v) is 1.81. The van der Waals surface area contributed by atoms with E-state index in [0.717, 1.165) is 18.4 Å². The average molecular weight is 110 g/mol. The minimum Gasteiger partial charge on any atom is -0.241 e. The Balaban J connectivity index is 1.95. The molecule has 2 bridgehead atoms. The first-order valence-corrected chi connectivity index (χ1v) is 3.58. The zero-order chi connectivity index (χ0) is 5.40. The second-order valence-corrected chi connectivity index (χ2v) is 3.12. The fraction of sp³-hybridized carbons (Fsp3) is 1.00. The van der Waals surface area contributed by atoms with Crippen LogP contribution in [-0.4, -0.2) is 13.1 Å². The van der Waals surface area contributed by atoms with Crippen LogP contribution in [0.5, 0.6) is 0 Å². The summed E-state index contributed by atoms with van der Waals surface area (Å²) in [7, 11) is 0. The molecule has 3 aliphatic rings. The number of rotatable bonds is 0. The smallest absolute Gasteiger partial charge is 0.0161 e. The molecule has 1 radical (unpaired) electrons. The Morgan fingerprint density at radius 1 is 1.12 bits per heavy atom. The maximum Gasteiger partial charge on any atom is 0.0161 e. The minimum absolute atomic E-state index is 1.00. The van der Waals surface area contributed by atoms with Crippen LogP contribution in [-0.2, 0) is 0 Å². The molecule has 2 aliphatic heterocycles. The van der Waals surface area contributed by atoms with Crippen molar-refractivity contribution in [1.82, 2.24) is 5.32 Å². The van der Waals surface area contributed by atoms with Crippen LogP contribution in [0, 0.1) is 11.8 Å². The third-order valence-electron chi connectivity index (χ3n) is 2.42. The van der Waals surface area contributed by atoms with Crippen molar-refractivity contribution in [3.63, 3.8) is 0 Å². The summed E-state index contributed by atoms with van der Waals surface area (Å²) in [5, 5.41) is 4.39. The zero-order valence-corrected chi connectivity index (χ0v) is 5.14. The van der Waals surface area contributed by atoms with Gasteiger partial charge >= 0.3 is 0 Å². The summed E-state index contributed by atoms with van der Waals surface area (Å²) in [6, 6.07) is 0. The lowest BCUT2D eigenvalue weighted by molar-refractivity contribution is 0.212. The van der Waals surface area contributed by atoms with Gasteiger partial charge in [0.1, 0.15) is 0 Å². The van der Waals surface area contributed by atoms with Crippen LogP contribution >= 0.6 is 0 Å². The van der Waals surface area contributed by atoms with Crippen molar-refractivity contribution in [3.8, 4) is 0 Å². The lowest BCUT2D eigenvalue weighted by Gasteiger charge is -2.31. The molecule has 1 aliphatic carbocycles. The second kappa shape index (κ2) is 1.73. The van der Waals surface area contributed by atoms with Crippen molar-refractivity contribution in [2.24, 2.45) is 11.8 Å². The normalized spacial score (nSPS) is 45.0. The van der Waals surface area contributed by atoms with E-state index in [1.54, 1.807) is 0 Å². The predicted octanol–water partition coefficient (Wildman–Crippen LogP) is 1.02. The largest absolute Gasteiger partial charge is 0.241 e. The molecule has 0 spiro atoms. The minimum atomic E-state index is 1.00. The van der Waals surface area contributed by atoms with Crippen LogP contribution in [0.15, 0.2) is 0 Å². The first-order chi connectivity index (χ1) is 3.95. The standard InChI is InChI=1S/C7H12N/c1-2-8-5-7-3-6(1)4-7/h6-7H,1-5H2. The fourth-order valence-electron chi connectivity index (χ4n) is 1.81. The van der Waals surface area contributed by atoms with Crippen molar-refractivity contribution in [1.29, 1.82) is 0 Å². The molecule has 3 fully saturated rings. The first-order valence-electron chi connectivity index (χ1n) is 3.58. The highest BCUT2D eigenvalue weighted by atomic mass is 14.9. The molecule has 0 aromatic rings. The molecule has 0 aromatic carbocycles. The maximum atomic E-state index is 4.39. The summed E-state index contributed by atoms with van der Waals surface area (Å²) >= 11 is 0. The molecule has 8 heavy (non-hydrogen) atoms. The Hall–Kier alpha value is -0.0400. The van der Waals surface area contributed by atoms with Gasteiger partial charge in [-0.05, 0) is 31.1 Å². The van der Waals surface area contributed by atoms with Gasteiger partial charge in [0.15, 0.2) is 0 Å². The van der Waals surface area contributed by atoms with Gasteiger partial charge in [-0.1, -0.05) is 0 Å². The van der Waals surface area contributed by atoms with Crippen LogP contribution in [0.1, 0.15) is 19.3 Å². The summed E-state index contributed by atoms with van der Waals surface area (Å²) in [6.45, 7) is 2.33. The van der Waals surface area contributed by atoms with Crippen molar-refractivity contribution in [3.05, 3.63) is 0 Å². The summed E-state index contributed by atoms with van der Waals surface area (Å²) in [5.41, 5.74) is 0. The van der Waals surface area contributed by atoms with E-state index in [1.807, 2.05) is 0 Å². The highest BCUT2D eigenvalue weighted by Crippen LogP contribution is 2.37. The number of hydrogen-bond donors (Lipinski definition) is 0. The van der Waals surface area contributed by atoms with Crippen molar-refractivity contribution in [2.75, 3.05) is 13.1 Å². The van der Waals surface area contributed by atoms with Gasteiger partial charge in [0.2, 0.25) is 0 Å². The molecule has 1 saturated carbocycles. The number of hydrogen-bond acceptors (Lipinski definition) is 0. The highest BCUT2D eigenvalue weighted by Gasteiger charge is 2.30. The van der Waals surface area contributed by atoms with Gasteiger partial charge in [-0.25, -0.2) is 5.32 Å². The zero-order valence-electron chi connectivity index (χ0n) is 5.14. The highest BCUT2D eigenvalue weighted by molar-refractivity contribution is 4.84. The van der Waals surface area contributed by atoms with Crippen LogP contribution in [0.25, 0.3) is 0 Å². The molecule has 3 rings (SSSR count). The Bertz CT molecular complexity index is 68.9. The molecule has 1 heteroatoms. The summed E-state index contributed by atoms with van der Waals surface area (Å²) in [5.74, 6) is 2.08. The molecule has 0 aromatic heterocycles. The van der Waals surface area contributed by atoms with E-state index >= 15 is 0 Å². The predicted molar refractivity (Wildman–Crippen MR) is 32.7 cm³/mol. The summed E-state index contributed by atoms with van der Waals surface area (Å²) in [6.07, 6.45) is 4.36. The number of fused-ring (bicyclic) bond motifs is 3. The molecular formula is C7H12N. The van der Waals surface area contributed by atoms with Gasteiger partial charge in [0.05, 0.1) is 0 Å². The van der Waals surface area contributed by atoms with E-state index in [-0.39, 0.29) is 0 Å². The van der Waals surface area contributed by atoms with E-state index in [2.05, 4.69) is 5.32 Å². The van der Waals surface area contributed by atoms with Gasteiger partial charge in [-0.2, -0.15) is 0 Å². The monoisotopic (exact) mass is 110 g/mol. The Morgan fingerprint density at radius 2 is 2.00 bits per heavy atom. The molecule has 0 atom stereocenters. The second-order valence-electron chi connectivity index (χ2n) is 3.12. The molecule has 0 amide bonds. The van der Waals surface area contributed by atoms with Crippen LogP contribution in [0.4, 0.5) is 0 Å². The summed E-state index contributed by atoms with van der Waals surface area (Å²) in [4.78, 5) is 0. The van der Waals surface area contributed by atoms with Crippen molar-refractivity contribution >= 4 is 0 Å². The van der Waals surface area contributed by atoms with E-state index < -0.39 is 0 Å². The van der Waals surface area contributed by atoms with E-state index in [0.29, 0.717) is 0 Å². The maximum absolute atomic E-state index is 4.39. The third kappa shape index (κ3) is 0.655. The summed E-state index contributed by atoms with van der Waals surface area (Å²) < 4.78 is 0. The van der Waals surface area contributed by atoms with Crippen molar-refractivity contribution in [2.45, 2.75) is 19.3 Å². The molecular weight excluding hydrogens is 98.1 g/mol. The third-order valence-corrected chi connectivity index (χ3v) is 2.42. The van der Waals surface area contributed by atoms with Gasteiger partial charge in [0, 0.05) is 13.1 Å². The topological polar surface area (TPSA) is 14.1 Å².